The van der Waals surface area contributed by atoms with Crippen LogP contribution in [0.15, 0.2) is 73.8 Å². The molecule has 1 N–H and O–H groups in total. The molecular weight excluding hydrogens is 602 g/mol. The number of rotatable bonds is 14. The molecule has 2 aromatic carbocycles. The Labute approximate surface area is 277 Å². The zero-order valence-electron chi connectivity index (χ0n) is 27.2. The summed E-state index contributed by atoms with van der Waals surface area (Å²) in [6.07, 6.45) is 5.93. The van der Waals surface area contributed by atoms with E-state index in [4.69, 9.17) is 16.3 Å². The third-order valence-electron chi connectivity index (χ3n) is 10.2. The maximum Gasteiger partial charge on any atom is 0.253 e. The molecule has 3 aliphatic heterocycles. The molecule has 0 aliphatic carbocycles. The molecule has 9 heteroatoms. The molecule has 3 amide bonds. The highest BCUT2D eigenvalue weighted by Crippen LogP contribution is 2.65. The lowest BCUT2D eigenvalue weighted by atomic mass is 9.64. The number of ether oxygens (including phenoxy) is 1. The molecular formula is C37H46ClN3O5. The summed E-state index contributed by atoms with van der Waals surface area (Å²) in [6, 6.07) is 13.2. The Morgan fingerprint density at radius 1 is 1.09 bits per heavy atom. The molecule has 0 radical (unpaired) electrons. The first-order valence-electron chi connectivity index (χ1n) is 16.4. The van der Waals surface area contributed by atoms with E-state index in [0.29, 0.717) is 49.5 Å². The Morgan fingerprint density at radius 2 is 1.80 bits per heavy atom. The average molecular weight is 648 g/mol. The molecule has 0 aromatic heterocycles. The van der Waals surface area contributed by atoms with Crippen molar-refractivity contribution in [1.29, 1.82) is 0 Å². The van der Waals surface area contributed by atoms with Crippen molar-refractivity contribution in [2.45, 2.75) is 76.2 Å². The topological polar surface area (TPSA) is 90.4 Å². The van der Waals surface area contributed by atoms with Gasteiger partial charge >= 0.3 is 0 Å². The molecule has 246 valence electrons. The zero-order chi connectivity index (χ0) is 33.2. The number of amides is 3. The lowest BCUT2D eigenvalue weighted by molar-refractivity contribution is -0.153. The standard InChI is InChI=1S/C37H46ClN3O5/c1-6-20-39(21-7-2)33(43)29-30-34(44)41(27(24-42)23-26-15-11-10-12-16-26)32(37(30)19-18-36(29,9-4)46-37)35(45)40(22-8-3)31-25(5)14-13-17-28(31)38/h6,8,10-17,27,29-30,32,42H,1,3,7,9,18-24H2,2,4-5H3/t27-,29+,30+,32?,36-,37?/m1/s1. The Balaban J connectivity index is 1.68. The van der Waals surface area contributed by atoms with Gasteiger partial charge in [0.15, 0.2) is 0 Å². The number of likely N-dealkylation sites (tertiary alicyclic amines) is 1. The summed E-state index contributed by atoms with van der Waals surface area (Å²) in [5.41, 5.74) is 0.116. The van der Waals surface area contributed by atoms with E-state index in [1.807, 2.05) is 63.2 Å². The number of carbonyl (C=O) groups excluding carboxylic acids is 3. The maximum atomic E-state index is 15.2. The molecule has 2 aromatic rings. The van der Waals surface area contributed by atoms with Gasteiger partial charge in [-0.2, -0.15) is 0 Å². The van der Waals surface area contributed by atoms with Gasteiger partial charge in [0.05, 0.1) is 40.8 Å². The second kappa shape index (κ2) is 13.7. The summed E-state index contributed by atoms with van der Waals surface area (Å²) in [7, 11) is 0. The Morgan fingerprint density at radius 3 is 2.41 bits per heavy atom. The zero-order valence-corrected chi connectivity index (χ0v) is 27.9. The van der Waals surface area contributed by atoms with E-state index < -0.39 is 35.1 Å². The summed E-state index contributed by atoms with van der Waals surface area (Å²) in [4.78, 5) is 49.5. The molecule has 3 heterocycles. The number of aryl methyl sites for hydroxylation is 1. The minimum atomic E-state index is -1.25. The number of aliphatic hydroxyl groups is 1. The van der Waals surface area contributed by atoms with Crippen LogP contribution in [0.5, 0.6) is 0 Å². The van der Waals surface area contributed by atoms with Crippen molar-refractivity contribution in [3.8, 4) is 0 Å². The number of hydrogen-bond acceptors (Lipinski definition) is 5. The monoisotopic (exact) mass is 647 g/mol. The third kappa shape index (κ3) is 5.48. The first kappa shape index (κ1) is 33.9. The van der Waals surface area contributed by atoms with Crippen LogP contribution in [0.2, 0.25) is 5.02 Å². The number of nitrogens with zero attached hydrogens (tertiary/aromatic N) is 3. The largest absolute Gasteiger partial charge is 0.394 e. The minimum absolute atomic E-state index is 0.148. The molecule has 2 bridgehead atoms. The van der Waals surface area contributed by atoms with Crippen LogP contribution >= 0.6 is 11.6 Å². The van der Waals surface area contributed by atoms with Crippen molar-refractivity contribution in [3.63, 3.8) is 0 Å². The fourth-order valence-corrected chi connectivity index (χ4v) is 8.61. The molecule has 0 saturated carbocycles. The van der Waals surface area contributed by atoms with E-state index >= 15 is 4.79 Å². The van der Waals surface area contributed by atoms with Crippen molar-refractivity contribution >= 4 is 35.0 Å². The van der Waals surface area contributed by atoms with Crippen molar-refractivity contribution in [3.05, 3.63) is 90.0 Å². The molecule has 3 saturated heterocycles. The van der Waals surface area contributed by atoms with Gasteiger partial charge in [-0.25, -0.2) is 0 Å². The quantitative estimate of drug-likeness (QED) is 0.279. The smallest absolute Gasteiger partial charge is 0.253 e. The molecule has 3 fully saturated rings. The normalized spacial score (nSPS) is 26.9. The Bertz CT molecular complexity index is 1460. The molecule has 8 nitrogen and oxygen atoms in total. The number of anilines is 1. The molecule has 3 aliphatic rings. The highest BCUT2D eigenvalue weighted by atomic mass is 35.5. The minimum Gasteiger partial charge on any atom is -0.394 e. The van der Waals surface area contributed by atoms with Gasteiger partial charge < -0.3 is 24.5 Å². The molecule has 1 spiro atoms. The molecule has 6 atom stereocenters. The van der Waals surface area contributed by atoms with Crippen LogP contribution < -0.4 is 4.90 Å². The fraction of sp³-hybridized carbons (Fsp3) is 0.486. The molecule has 46 heavy (non-hydrogen) atoms. The number of halogens is 1. The van der Waals surface area contributed by atoms with E-state index in [9.17, 15) is 14.7 Å². The van der Waals surface area contributed by atoms with E-state index in [0.717, 1.165) is 17.5 Å². The number of benzene rings is 2. The Hall–Kier alpha value is -3.46. The van der Waals surface area contributed by atoms with E-state index in [-0.39, 0.29) is 30.9 Å². The fourth-order valence-electron chi connectivity index (χ4n) is 8.29. The highest BCUT2D eigenvalue weighted by molar-refractivity contribution is 6.34. The summed E-state index contributed by atoms with van der Waals surface area (Å²) >= 11 is 6.73. The highest BCUT2D eigenvalue weighted by Gasteiger charge is 2.79. The van der Waals surface area contributed by atoms with Crippen molar-refractivity contribution in [2.24, 2.45) is 11.8 Å². The summed E-state index contributed by atoms with van der Waals surface area (Å²) in [6.45, 7) is 14.3. The van der Waals surface area contributed by atoms with Gasteiger partial charge in [0.2, 0.25) is 11.8 Å². The van der Waals surface area contributed by atoms with Crippen LogP contribution in [0.1, 0.15) is 50.7 Å². The van der Waals surface area contributed by atoms with Gasteiger partial charge in [0, 0.05) is 19.6 Å². The predicted molar refractivity (Wildman–Crippen MR) is 181 cm³/mol. The SMILES string of the molecule is C=CCN(CCC)C(=O)[C@@H]1[C@H]2C(=O)N([C@@H](CO)Cc3ccccc3)C(C(=O)N(CC=C)c3c(C)cccc3Cl)C23CC[C@@]1(CC)O3. The van der Waals surface area contributed by atoms with Gasteiger partial charge in [-0.3, -0.25) is 14.4 Å². The first-order chi connectivity index (χ1) is 22.1. The maximum absolute atomic E-state index is 15.2. The van der Waals surface area contributed by atoms with Crippen LogP contribution in [0.4, 0.5) is 5.69 Å². The van der Waals surface area contributed by atoms with Crippen molar-refractivity contribution in [1.82, 2.24) is 9.80 Å². The van der Waals surface area contributed by atoms with Gasteiger partial charge in [0.25, 0.3) is 5.91 Å². The number of hydrogen-bond donors (Lipinski definition) is 1. The molecule has 5 rings (SSSR count). The summed E-state index contributed by atoms with van der Waals surface area (Å²) < 4.78 is 7.04. The average Bonchev–Trinajstić information content (AvgIpc) is 3.66. The van der Waals surface area contributed by atoms with Crippen LogP contribution in [0, 0.1) is 18.8 Å². The third-order valence-corrected chi connectivity index (χ3v) is 10.5. The van der Waals surface area contributed by atoms with Crippen LogP contribution in [-0.4, -0.2) is 82.2 Å². The number of fused-ring (bicyclic) bond motifs is 1. The number of para-hydroxylation sites is 1. The van der Waals surface area contributed by atoms with E-state index in [1.165, 1.54) is 0 Å². The van der Waals surface area contributed by atoms with Crippen LogP contribution in [0.3, 0.4) is 0 Å². The second-order valence-electron chi connectivity index (χ2n) is 12.8. The van der Waals surface area contributed by atoms with Gasteiger partial charge in [-0.15, -0.1) is 13.2 Å². The summed E-state index contributed by atoms with van der Waals surface area (Å²) in [5, 5.41) is 11.3. The lowest BCUT2D eigenvalue weighted by Crippen LogP contribution is -2.59. The van der Waals surface area contributed by atoms with Gasteiger partial charge in [-0.05, 0) is 56.2 Å². The van der Waals surface area contributed by atoms with Crippen LogP contribution in [-0.2, 0) is 25.5 Å². The van der Waals surface area contributed by atoms with Crippen LogP contribution in [0.25, 0.3) is 0 Å². The van der Waals surface area contributed by atoms with Gasteiger partial charge in [-0.1, -0.05) is 80.1 Å². The number of aliphatic hydroxyl groups excluding tert-OH is 1. The van der Waals surface area contributed by atoms with E-state index in [1.54, 1.807) is 32.9 Å². The predicted octanol–water partition coefficient (Wildman–Crippen LogP) is 5.35. The molecule has 2 unspecified atom stereocenters. The van der Waals surface area contributed by atoms with Crippen molar-refractivity contribution in [2.75, 3.05) is 31.1 Å². The summed E-state index contributed by atoms with van der Waals surface area (Å²) in [5.74, 6) is -2.49. The van der Waals surface area contributed by atoms with Crippen molar-refractivity contribution < 1.29 is 24.2 Å². The first-order valence-corrected chi connectivity index (χ1v) is 16.8. The Kier molecular flexibility index (Phi) is 10.1. The van der Waals surface area contributed by atoms with Gasteiger partial charge in [0.1, 0.15) is 11.6 Å². The number of carbonyl (C=O) groups is 3. The second-order valence-corrected chi connectivity index (χ2v) is 13.2. The lowest BCUT2D eigenvalue weighted by Gasteiger charge is -2.40. The van der Waals surface area contributed by atoms with E-state index in [2.05, 4.69) is 13.2 Å².